The molecular formula is C22H29N7O2S. The van der Waals surface area contributed by atoms with E-state index in [0.717, 1.165) is 34.1 Å². The molecule has 0 saturated heterocycles. The second kappa shape index (κ2) is 9.47. The lowest BCUT2D eigenvalue weighted by Crippen LogP contribution is -2.44. The van der Waals surface area contributed by atoms with Crippen molar-refractivity contribution in [1.29, 1.82) is 0 Å². The van der Waals surface area contributed by atoms with Gasteiger partial charge in [0.25, 0.3) is 0 Å². The maximum absolute atomic E-state index is 12.0. The molecule has 0 unspecified atom stereocenters. The summed E-state index contributed by atoms with van der Waals surface area (Å²) in [4.78, 5) is 23.0. The Labute approximate surface area is 194 Å². The number of carbonyl (C=O) groups is 1. The van der Waals surface area contributed by atoms with Crippen LogP contribution in [-0.4, -0.2) is 38.7 Å². The van der Waals surface area contributed by atoms with Crippen molar-refractivity contribution in [2.75, 3.05) is 22.6 Å². The highest BCUT2D eigenvalue weighted by Gasteiger charge is 2.30. The summed E-state index contributed by atoms with van der Waals surface area (Å²) in [6.45, 7) is 6.76. The molecule has 0 saturated carbocycles. The lowest BCUT2D eigenvalue weighted by molar-refractivity contribution is -0.117. The molecule has 2 N–H and O–H groups in total. The molecule has 1 amide bonds. The topological polar surface area (TPSA) is 97.2 Å². The van der Waals surface area contributed by atoms with Gasteiger partial charge in [-0.15, -0.1) is 0 Å². The number of anilines is 3. The first-order valence-corrected chi connectivity index (χ1v) is 10.2. The fourth-order valence-electron chi connectivity index (χ4n) is 3.46. The molecule has 0 aliphatic carbocycles. The van der Waals surface area contributed by atoms with Gasteiger partial charge in [-0.3, -0.25) is 9.48 Å². The van der Waals surface area contributed by atoms with Crippen molar-refractivity contribution in [2.24, 2.45) is 7.05 Å². The van der Waals surface area contributed by atoms with Crippen molar-refractivity contribution >= 4 is 36.9 Å². The summed E-state index contributed by atoms with van der Waals surface area (Å²) in [5.74, 6) is 2.00. The predicted octanol–water partition coefficient (Wildman–Crippen LogP) is 2.91. The fraction of sp³-hybridized carbons (Fsp3) is 0.364. The number of hydrogen-bond acceptors (Lipinski definition) is 7. The first-order valence-electron chi connectivity index (χ1n) is 10.2. The number of fused-ring (bicyclic) bond motifs is 1. The predicted molar refractivity (Wildman–Crippen MR) is 130 cm³/mol. The van der Waals surface area contributed by atoms with Gasteiger partial charge in [0.1, 0.15) is 24.1 Å². The number of likely N-dealkylation sites (N-methyl/N-ethyl adjacent to an activating group) is 1. The van der Waals surface area contributed by atoms with Gasteiger partial charge in [0, 0.05) is 32.4 Å². The fourth-order valence-corrected chi connectivity index (χ4v) is 3.46. The highest BCUT2D eigenvalue weighted by Crippen LogP contribution is 2.32. The molecule has 0 fully saturated rings. The Hall–Kier alpha value is -3.27. The maximum atomic E-state index is 12.0. The minimum absolute atomic E-state index is 0. The van der Waals surface area contributed by atoms with Crippen LogP contribution in [0, 0.1) is 13.8 Å². The Kier molecular flexibility index (Phi) is 6.93. The molecule has 4 rings (SSSR count). The van der Waals surface area contributed by atoms with Crippen LogP contribution in [0.25, 0.3) is 0 Å². The van der Waals surface area contributed by atoms with E-state index >= 15 is 0 Å². The third-order valence-electron chi connectivity index (χ3n) is 5.50. The van der Waals surface area contributed by atoms with Crippen LogP contribution >= 0.6 is 13.5 Å². The molecule has 2 aromatic heterocycles. The molecule has 1 atom stereocenters. The van der Waals surface area contributed by atoms with E-state index in [9.17, 15) is 4.79 Å². The van der Waals surface area contributed by atoms with Crippen LogP contribution in [0.15, 0.2) is 30.5 Å². The van der Waals surface area contributed by atoms with Crippen LogP contribution in [0.2, 0.25) is 0 Å². The zero-order valence-electron chi connectivity index (χ0n) is 18.9. The van der Waals surface area contributed by atoms with E-state index in [1.165, 1.54) is 0 Å². The molecule has 3 heterocycles. The minimum Gasteiger partial charge on any atom is -0.489 e. The number of nitrogens with one attached hydrogen (secondary N) is 2. The molecule has 1 aliphatic rings. The van der Waals surface area contributed by atoms with Gasteiger partial charge in [0.2, 0.25) is 11.9 Å². The Morgan fingerprint density at radius 2 is 1.84 bits per heavy atom. The molecule has 0 bridgehead atoms. The number of nitrogens with zero attached hydrogens (tertiary/aromatic N) is 5. The first kappa shape index (κ1) is 23.4. The van der Waals surface area contributed by atoms with E-state index in [0.29, 0.717) is 24.8 Å². The molecule has 0 spiro atoms. The van der Waals surface area contributed by atoms with Crippen molar-refractivity contribution in [3.8, 4) is 5.75 Å². The zero-order chi connectivity index (χ0) is 22.1. The Bertz CT molecular complexity index is 1110. The number of amides is 1. The third-order valence-corrected chi connectivity index (χ3v) is 5.50. The van der Waals surface area contributed by atoms with Gasteiger partial charge in [-0.2, -0.15) is 23.6 Å². The van der Waals surface area contributed by atoms with Gasteiger partial charge >= 0.3 is 0 Å². The van der Waals surface area contributed by atoms with Gasteiger partial charge in [-0.25, -0.2) is 4.98 Å². The molecule has 170 valence electrons. The summed E-state index contributed by atoms with van der Waals surface area (Å²) in [6.07, 6.45) is 1.97. The standard InChI is InChI=1S/C22H27N7O2.H2S/c1-13-17(11-28(4)27-13)12-31-18-8-6-16(7-9-18)10-23-22-24-14(2)19-20(26-22)29(5)15(3)21(30)25-19;/h6-9,11,15H,10,12H2,1-5H3,(H,25,30)(H,23,24,26);1H2/t15-;/m0./s1. The SMILES string of the molecule is Cc1nn(C)cc1COc1ccc(CNc2nc(C)c3c(n2)N(C)[C@@H](C)C(=O)N3)cc1.S. The van der Waals surface area contributed by atoms with Crippen LogP contribution < -0.4 is 20.3 Å². The number of aryl methyl sites for hydroxylation is 3. The Morgan fingerprint density at radius 1 is 1.12 bits per heavy atom. The van der Waals surface area contributed by atoms with Crippen LogP contribution in [0.1, 0.15) is 29.4 Å². The van der Waals surface area contributed by atoms with E-state index in [-0.39, 0.29) is 25.4 Å². The van der Waals surface area contributed by atoms with E-state index in [4.69, 9.17) is 4.74 Å². The minimum atomic E-state index is -0.280. The maximum Gasteiger partial charge on any atom is 0.246 e. The summed E-state index contributed by atoms with van der Waals surface area (Å²) in [5.41, 5.74) is 4.53. The van der Waals surface area contributed by atoms with Gasteiger partial charge in [-0.05, 0) is 38.5 Å². The molecule has 9 nitrogen and oxygen atoms in total. The second-order valence-corrected chi connectivity index (χ2v) is 7.81. The van der Waals surface area contributed by atoms with Crippen molar-refractivity contribution in [3.63, 3.8) is 0 Å². The van der Waals surface area contributed by atoms with Gasteiger partial charge in [0.15, 0.2) is 5.82 Å². The van der Waals surface area contributed by atoms with Crippen LogP contribution in [-0.2, 0) is 25.0 Å². The largest absolute Gasteiger partial charge is 0.489 e. The summed E-state index contributed by atoms with van der Waals surface area (Å²) in [5, 5.41) is 10.5. The first-order chi connectivity index (χ1) is 14.8. The number of benzene rings is 1. The molecule has 10 heteroatoms. The number of aromatic nitrogens is 4. The van der Waals surface area contributed by atoms with Crippen molar-refractivity contribution in [2.45, 2.75) is 40.0 Å². The normalized spacial score (nSPS) is 15.0. The molecule has 3 aromatic rings. The average Bonchev–Trinajstić information content (AvgIpc) is 3.07. The second-order valence-electron chi connectivity index (χ2n) is 7.81. The number of rotatable bonds is 6. The third kappa shape index (κ3) is 4.80. The van der Waals surface area contributed by atoms with Crippen molar-refractivity contribution in [3.05, 3.63) is 53.0 Å². The summed E-state index contributed by atoms with van der Waals surface area (Å²) in [6, 6.07) is 7.65. The number of hydrogen-bond donors (Lipinski definition) is 2. The molecule has 0 radical (unpaired) electrons. The lowest BCUT2D eigenvalue weighted by atomic mass is 10.2. The smallest absolute Gasteiger partial charge is 0.246 e. The molecular weight excluding hydrogens is 426 g/mol. The van der Waals surface area contributed by atoms with Crippen LogP contribution in [0.5, 0.6) is 5.75 Å². The Balaban J connectivity index is 0.00000289. The van der Waals surface area contributed by atoms with Gasteiger partial charge in [0.05, 0.1) is 11.4 Å². The van der Waals surface area contributed by atoms with Gasteiger partial charge < -0.3 is 20.3 Å². The molecule has 1 aliphatic heterocycles. The average molecular weight is 456 g/mol. The number of ether oxygens (including phenoxy) is 1. The van der Waals surface area contributed by atoms with E-state index in [1.807, 2.05) is 70.2 Å². The van der Waals surface area contributed by atoms with Crippen molar-refractivity contribution in [1.82, 2.24) is 19.7 Å². The monoisotopic (exact) mass is 455 g/mol. The lowest BCUT2D eigenvalue weighted by Gasteiger charge is -2.32. The van der Waals surface area contributed by atoms with Gasteiger partial charge in [-0.1, -0.05) is 12.1 Å². The summed E-state index contributed by atoms with van der Waals surface area (Å²) < 4.78 is 7.67. The Morgan fingerprint density at radius 3 is 2.50 bits per heavy atom. The molecule has 1 aromatic carbocycles. The highest BCUT2D eigenvalue weighted by molar-refractivity contribution is 7.59. The van der Waals surface area contributed by atoms with E-state index in [2.05, 4.69) is 25.7 Å². The highest BCUT2D eigenvalue weighted by atomic mass is 32.1. The van der Waals surface area contributed by atoms with E-state index < -0.39 is 0 Å². The number of carbonyl (C=O) groups excluding carboxylic acids is 1. The van der Waals surface area contributed by atoms with Crippen LogP contribution in [0.4, 0.5) is 17.5 Å². The molecule has 32 heavy (non-hydrogen) atoms. The summed E-state index contributed by atoms with van der Waals surface area (Å²) in [7, 11) is 3.77. The summed E-state index contributed by atoms with van der Waals surface area (Å²) >= 11 is 0. The quantitative estimate of drug-likeness (QED) is 0.590. The zero-order valence-corrected chi connectivity index (χ0v) is 19.9. The van der Waals surface area contributed by atoms with Crippen LogP contribution in [0.3, 0.4) is 0 Å². The van der Waals surface area contributed by atoms with E-state index in [1.54, 1.807) is 4.68 Å². The van der Waals surface area contributed by atoms with Crippen molar-refractivity contribution < 1.29 is 9.53 Å².